The molecule has 1 fully saturated rings. The molecule has 0 N–H and O–H groups in total. The fourth-order valence-corrected chi connectivity index (χ4v) is 3.32. The summed E-state index contributed by atoms with van der Waals surface area (Å²) in [6.07, 6.45) is 0.876. The quantitative estimate of drug-likeness (QED) is 0.796. The molecule has 1 aliphatic heterocycles. The highest BCUT2D eigenvalue weighted by molar-refractivity contribution is 7.17. The monoisotopic (exact) mass is 297 g/mol. The van der Waals surface area contributed by atoms with Crippen LogP contribution in [0.25, 0.3) is 0 Å². The van der Waals surface area contributed by atoms with Crippen molar-refractivity contribution in [3.63, 3.8) is 0 Å². The van der Waals surface area contributed by atoms with E-state index in [1.165, 1.54) is 11.3 Å². The van der Waals surface area contributed by atoms with Crippen molar-refractivity contribution < 1.29 is 9.53 Å². The van der Waals surface area contributed by atoms with Gasteiger partial charge in [-0.1, -0.05) is 11.3 Å². The van der Waals surface area contributed by atoms with Crippen LogP contribution in [-0.4, -0.2) is 55.0 Å². The summed E-state index contributed by atoms with van der Waals surface area (Å²) < 4.78 is 5.09. The molecule has 0 amide bonds. The van der Waals surface area contributed by atoms with E-state index in [1.54, 1.807) is 7.11 Å². The highest BCUT2D eigenvalue weighted by Gasteiger charge is 2.27. The summed E-state index contributed by atoms with van der Waals surface area (Å²) in [7, 11) is 1.62. The Balaban J connectivity index is 2.05. The number of carbonyl (C=O) groups excluding carboxylic acids is 1. The molecule has 0 radical (unpaired) electrons. The number of thiazole rings is 1. The molecule has 0 bridgehead atoms. The summed E-state index contributed by atoms with van der Waals surface area (Å²) in [5.41, 5.74) is 0.963. The predicted molar refractivity (Wildman–Crippen MR) is 81.8 cm³/mol. The van der Waals surface area contributed by atoms with Crippen LogP contribution in [0.15, 0.2) is 0 Å². The fraction of sp³-hybridized carbons (Fsp3) is 0.714. The smallest absolute Gasteiger partial charge is 0.186 e. The average molecular weight is 297 g/mol. The van der Waals surface area contributed by atoms with Crippen LogP contribution in [0.4, 0.5) is 5.13 Å². The summed E-state index contributed by atoms with van der Waals surface area (Å²) in [4.78, 5) is 21.0. The predicted octanol–water partition coefficient (Wildman–Crippen LogP) is 2.02. The number of hydrogen-bond acceptors (Lipinski definition) is 6. The fourth-order valence-electron chi connectivity index (χ4n) is 2.39. The number of ether oxygens (including phenoxy) is 1. The summed E-state index contributed by atoms with van der Waals surface area (Å²) in [5, 5.41) is 0.938. The van der Waals surface area contributed by atoms with Gasteiger partial charge in [0.1, 0.15) is 0 Å². The van der Waals surface area contributed by atoms with E-state index < -0.39 is 0 Å². The highest BCUT2D eigenvalue weighted by atomic mass is 32.1. The van der Waals surface area contributed by atoms with E-state index in [-0.39, 0.29) is 5.54 Å². The third kappa shape index (κ3) is 3.37. The van der Waals surface area contributed by atoms with Crippen LogP contribution in [0.3, 0.4) is 0 Å². The minimum atomic E-state index is 0.212. The normalized spacial score (nSPS) is 17.5. The molecule has 0 atom stereocenters. The zero-order valence-electron chi connectivity index (χ0n) is 12.7. The second kappa shape index (κ2) is 6.20. The molecular weight excluding hydrogens is 274 g/mol. The van der Waals surface area contributed by atoms with Gasteiger partial charge >= 0.3 is 0 Å². The number of anilines is 1. The zero-order chi connectivity index (χ0) is 14.8. The van der Waals surface area contributed by atoms with Crippen molar-refractivity contribution in [3.8, 4) is 0 Å². The standard InChI is InChI=1S/C14H23N3O2S/c1-14(2,3)17-7-5-16(6-8-17)13-15-11(10-19-4)12(9-18)20-13/h9H,5-8,10H2,1-4H3. The van der Waals surface area contributed by atoms with Crippen LogP contribution in [0.2, 0.25) is 0 Å². The van der Waals surface area contributed by atoms with Gasteiger partial charge in [-0.3, -0.25) is 9.69 Å². The van der Waals surface area contributed by atoms with E-state index in [0.717, 1.165) is 43.3 Å². The molecule has 6 heteroatoms. The molecule has 0 saturated carbocycles. The van der Waals surface area contributed by atoms with Crippen molar-refractivity contribution in [2.45, 2.75) is 32.9 Å². The van der Waals surface area contributed by atoms with E-state index in [0.29, 0.717) is 11.5 Å². The van der Waals surface area contributed by atoms with E-state index in [4.69, 9.17) is 4.74 Å². The number of methoxy groups -OCH3 is 1. The highest BCUT2D eigenvalue weighted by Crippen LogP contribution is 2.27. The Hall–Kier alpha value is -0.980. The maximum Gasteiger partial charge on any atom is 0.186 e. The lowest BCUT2D eigenvalue weighted by atomic mass is 10.1. The summed E-state index contributed by atoms with van der Waals surface area (Å²) >= 11 is 1.46. The first-order valence-corrected chi connectivity index (χ1v) is 7.71. The SMILES string of the molecule is COCc1nc(N2CCN(C(C)(C)C)CC2)sc1C=O. The minimum Gasteiger partial charge on any atom is -0.378 e. The van der Waals surface area contributed by atoms with Gasteiger partial charge in [0, 0.05) is 38.8 Å². The molecule has 2 rings (SSSR count). The molecule has 0 unspecified atom stereocenters. The van der Waals surface area contributed by atoms with Crippen molar-refractivity contribution in [2.24, 2.45) is 0 Å². The lowest BCUT2D eigenvalue weighted by molar-refractivity contribution is 0.112. The third-order valence-corrected chi connectivity index (χ3v) is 4.69. The first kappa shape index (κ1) is 15.4. The third-order valence-electron chi connectivity index (χ3n) is 3.60. The van der Waals surface area contributed by atoms with Gasteiger partial charge in [-0.25, -0.2) is 4.98 Å². The second-order valence-electron chi connectivity index (χ2n) is 6.00. The minimum absolute atomic E-state index is 0.212. The Morgan fingerprint density at radius 3 is 2.45 bits per heavy atom. The van der Waals surface area contributed by atoms with Gasteiger partial charge in [0.2, 0.25) is 0 Å². The van der Waals surface area contributed by atoms with Crippen molar-refractivity contribution in [2.75, 3.05) is 38.2 Å². The maximum atomic E-state index is 11.1. The average Bonchev–Trinajstić information content (AvgIpc) is 2.81. The molecule has 20 heavy (non-hydrogen) atoms. The van der Waals surface area contributed by atoms with Gasteiger partial charge in [-0.05, 0) is 20.8 Å². The molecule has 1 aromatic rings. The number of carbonyl (C=O) groups is 1. The zero-order valence-corrected chi connectivity index (χ0v) is 13.5. The molecule has 0 aliphatic carbocycles. The van der Waals surface area contributed by atoms with Crippen LogP contribution in [0.1, 0.15) is 36.1 Å². The van der Waals surface area contributed by atoms with Gasteiger partial charge in [-0.15, -0.1) is 0 Å². The maximum absolute atomic E-state index is 11.1. The van der Waals surface area contributed by atoms with Crippen molar-refractivity contribution in [1.29, 1.82) is 0 Å². The molecular formula is C14H23N3O2S. The molecule has 1 aliphatic rings. The number of piperazine rings is 1. The van der Waals surface area contributed by atoms with Gasteiger partial charge in [0.25, 0.3) is 0 Å². The van der Waals surface area contributed by atoms with E-state index in [1.807, 2.05) is 0 Å². The van der Waals surface area contributed by atoms with Gasteiger partial charge in [0.05, 0.1) is 17.2 Å². The van der Waals surface area contributed by atoms with Crippen LogP contribution in [0.5, 0.6) is 0 Å². The Bertz CT molecular complexity index is 459. The van der Waals surface area contributed by atoms with Crippen LogP contribution >= 0.6 is 11.3 Å². The number of aromatic nitrogens is 1. The number of nitrogens with zero attached hydrogens (tertiary/aromatic N) is 3. The van der Waals surface area contributed by atoms with Crippen LogP contribution in [0, 0.1) is 0 Å². The summed E-state index contributed by atoms with van der Waals surface area (Å²) in [5.74, 6) is 0. The van der Waals surface area contributed by atoms with Crippen molar-refractivity contribution >= 4 is 22.8 Å². The van der Waals surface area contributed by atoms with Crippen molar-refractivity contribution in [1.82, 2.24) is 9.88 Å². The molecule has 5 nitrogen and oxygen atoms in total. The largest absolute Gasteiger partial charge is 0.378 e. The summed E-state index contributed by atoms with van der Waals surface area (Å²) in [6, 6.07) is 0. The Morgan fingerprint density at radius 1 is 1.30 bits per heavy atom. The molecule has 2 heterocycles. The van der Waals surface area contributed by atoms with Crippen molar-refractivity contribution in [3.05, 3.63) is 10.6 Å². The van der Waals surface area contributed by atoms with Gasteiger partial charge < -0.3 is 9.64 Å². The molecule has 1 aromatic heterocycles. The number of hydrogen-bond donors (Lipinski definition) is 0. The van der Waals surface area contributed by atoms with Gasteiger partial charge in [0.15, 0.2) is 11.4 Å². The van der Waals surface area contributed by atoms with Crippen LogP contribution < -0.4 is 4.90 Å². The first-order valence-electron chi connectivity index (χ1n) is 6.89. The lowest BCUT2D eigenvalue weighted by Crippen LogP contribution is -2.53. The Morgan fingerprint density at radius 2 is 1.95 bits per heavy atom. The summed E-state index contributed by atoms with van der Waals surface area (Å²) in [6.45, 7) is 11.1. The molecule has 0 spiro atoms. The molecule has 1 saturated heterocycles. The van der Waals surface area contributed by atoms with Gasteiger partial charge in [-0.2, -0.15) is 0 Å². The number of aldehydes is 1. The second-order valence-corrected chi connectivity index (χ2v) is 7.01. The molecule has 112 valence electrons. The Kier molecular flexibility index (Phi) is 4.78. The Labute approximate surface area is 124 Å². The topological polar surface area (TPSA) is 45.7 Å². The molecule has 0 aromatic carbocycles. The number of rotatable bonds is 4. The van der Waals surface area contributed by atoms with Crippen LogP contribution in [-0.2, 0) is 11.3 Å². The van der Waals surface area contributed by atoms with E-state index in [2.05, 4.69) is 35.6 Å². The lowest BCUT2D eigenvalue weighted by Gasteiger charge is -2.42. The van der Waals surface area contributed by atoms with E-state index >= 15 is 0 Å². The first-order chi connectivity index (χ1) is 9.45. The van der Waals surface area contributed by atoms with E-state index in [9.17, 15) is 4.79 Å².